The van der Waals surface area contributed by atoms with E-state index in [0.717, 1.165) is 10.2 Å². The number of ether oxygens (including phenoxy) is 2. The smallest absolute Gasteiger partial charge is 0.316 e. The minimum atomic E-state index is -0.753. The second kappa shape index (κ2) is 9.21. The number of hydrogen-bond donors (Lipinski definition) is 1. The lowest BCUT2D eigenvalue weighted by atomic mass is 9.67. The Kier molecular flexibility index (Phi) is 6.52. The van der Waals surface area contributed by atoms with E-state index in [4.69, 9.17) is 13.9 Å². The molecule has 1 aliphatic heterocycles. The van der Waals surface area contributed by atoms with Crippen molar-refractivity contribution in [3.8, 4) is 5.75 Å². The molecule has 7 heteroatoms. The molecule has 0 fully saturated rings. The van der Waals surface area contributed by atoms with Crippen molar-refractivity contribution in [3.63, 3.8) is 0 Å². The standard InChI is InChI=1S/C26H28BrNO5/c1-5-31-25(30)22-15(2)28-18-12-26(3,4)13-19(29)23(18)24(22)21-11-10-16(33-21)14-32-20-9-7-6-8-17(20)27/h6-11,22,24,28H,2,5,12-14H2,1,3-4H3. The molecule has 174 valence electrons. The summed E-state index contributed by atoms with van der Waals surface area (Å²) < 4.78 is 18.2. The van der Waals surface area contributed by atoms with Crippen LogP contribution >= 0.6 is 15.9 Å². The van der Waals surface area contributed by atoms with Crippen LogP contribution in [0.5, 0.6) is 5.75 Å². The molecule has 0 amide bonds. The number of rotatable bonds is 6. The highest BCUT2D eigenvalue weighted by Crippen LogP contribution is 2.48. The number of carbonyl (C=O) groups is 2. The summed E-state index contributed by atoms with van der Waals surface area (Å²) in [6.45, 7) is 10.4. The van der Waals surface area contributed by atoms with Crippen molar-refractivity contribution in [1.82, 2.24) is 5.32 Å². The van der Waals surface area contributed by atoms with E-state index in [2.05, 4.69) is 41.7 Å². The van der Waals surface area contributed by atoms with Crippen molar-refractivity contribution in [2.24, 2.45) is 11.3 Å². The number of hydrogen-bond acceptors (Lipinski definition) is 6. The number of esters is 1. The molecular formula is C26H28BrNO5. The number of halogens is 1. The average molecular weight is 514 g/mol. The van der Waals surface area contributed by atoms with Gasteiger partial charge in [-0.05, 0) is 59.0 Å². The number of benzene rings is 1. The molecule has 0 saturated carbocycles. The lowest BCUT2D eigenvalue weighted by Crippen LogP contribution is -2.43. The third-order valence-corrected chi connectivity index (χ3v) is 6.64. The number of Topliss-reactive ketones (excluding diaryl/α,β-unsaturated/α-hetero) is 1. The van der Waals surface area contributed by atoms with Gasteiger partial charge in [-0.15, -0.1) is 0 Å². The zero-order valence-electron chi connectivity index (χ0n) is 19.1. The summed E-state index contributed by atoms with van der Waals surface area (Å²) in [6.07, 6.45) is 1.10. The first-order valence-corrected chi connectivity index (χ1v) is 11.8. The molecule has 6 nitrogen and oxygen atoms in total. The van der Waals surface area contributed by atoms with E-state index >= 15 is 0 Å². The maximum absolute atomic E-state index is 13.3. The SMILES string of the molecule is C=C1NC2=C(C(=O)CC(C)(C)C2)C(c2ccc(COc3ccccc3Br)o2)C1C(=O)OCC. The lowest BCUT2D eigenvalue weighted by molar-refractivity contribution is -0.147. The van der Waals surface area contributed by atoms with Crippen LogP contribution in [0.1, 0.15) is 51.1 Å². The van der Waals surface area contributed by atoms with Crippen LogP contribution in [0.3, 0.4) is 0 Å². The first kappa shape index (κ1) is 23.4. The predicted molar refractivity (Wildman–Crippen MR) is 127 cm³/mol. The Morgan fingerprint density at radius 2 is 2.00 bits per heavy atom. The number of para-hydroxylation sites is 1. The topological polar surface area (TPSA) is 77.8 Å². The molecule has 0 bridgehead atoms. The van der Waals surface area contributed by atoms with Crippen LogP contribution in [-0.4, -0.2) is 18.4 Å². The van der Waals surface area contributed by atoms with E-state index in [-0.39, 0.29) is 24.4 Å². The molecule has 2 unspecified atom stereocenters. The molecule has 1 N–H and O–H groups in total. The van der Waals surface area contributed by atoms with Crippen molar-refractivity contribution >= 4 is 27.7 Å². The molecular weight excluding hydrogens is 486 g/mol. The summed E-state index contributed by atoms with van der Waals surface area (Å²) in [7, 11) is 0. The lowest BCUT2D eigenvalue weighted by Gasteiger charge is -2.41. The normalized spacial score (nSPS) is 21.9. The van der Waals surface area contributed by atoms with E-state index in [9.17, 15) is 9.59 Å². The molecule has 2 aliphatic rings. The van der Waals surface area contributed by atoms with Crippen LogP contribution in [0.2, 0.25) is 0 Å². The summed E-state index contributed by atoms with van der Waals surface area (Å²) in [5.74, 6) is 0.0743. The quantitative estimate of drug-likeness (QED) is 0.503. The predicted octanol–water partition coefficient (Wildman–Crippen LogP) is 5.64. The second-order valence-corrected chi connectivity index (χ2v) is 10.1. The highest BCUT2D eigenvalue weighted by molar-refractivity contribution is 9.10. The fourth-order valence-electron chi connectivity index (χ4n) is 4.61. The first-order chi connectivity index (χ1) is 15.7. The van der Waals surface area contributed by atoms with Gasteiger partial charge in [0, 0.05) is 23.4 Å². The Morgan fingerprint density at radius 1 is 1.24 bits per heavy atom. The molecule has 2 atom stereocenters. The van der Waals surface area contributed by atoms with Crippen LogP contribution in [0.25, 0.3) is 0 Å². The van der Waals surface area contributed by atoms with Gasteiger partial charge >= 0.3 is 5.97 Å². The summed E-state index contributed by atoms with van der Waals surface area (Å²) in [5, 5.41) is 3.25. The van der Waals surface area contributed by atoms with Gasteiger partial charge in [0.1, 0.15) is 29.8 Å². The van der Waals surface area contributed by atoms with Gasteiger partial charge in [-0.25, -0.2) is 0 Å². The zero-order valence-corrected chi connectivity index (χ0v) is 20.7. The van der Waals surface area contributed by atoms with Crippen LogP contribution in [-0.2, 0) is 20.9 Å². The summed E-state index contributed by atoms with van der Waals surface area (Å²) in [6, 6.07) is 11.2. The minimum absolute atomic E-state index is 0.0166. The van der Waals surface area contributed by atoms with Crippen LogP contribution in [0.15, 0.2) is 68.8 Å². The third kappa shape index (κ3) is 4.78. The molecule has 33 heavy (non-hydrogen) atoms. The van der Waals surface area contributed by atoms with E-state index in [1.165, 1.54) is 0 Å². The Labute approximate surface area is 202 Å². The van der Waals surface area contributed by atoms with Gasteiger partial charge in [0.2, 0.25) is 0 Å². The zero-order chi connectivity index (χ0) is 23.8. The van der Waals surface area contributed by atoms with Gasteiger partial charge in [-0.3, -0.25) is 9.59 Å². The summed E-state index contributed by atoms with van der Waals surface area (Å²) in [4.78, 5) is 26.2. The highest BCUT2D eigenvalue weighted by Gasteiger charge is 2.48. The maximum atomic E-state index is 13.3. The number of furan rings is 1. The third-order valence-electron chi connectivity index (χ3n) is 5.99. The molecule has 1 aromatic heterocycles. The van der Waals surface area contributed by atoms with E-state index in [1.807, 2.05) is 36.4 Å². The van der Waals surface area contributed by atoms with Crippen molar-refractivity contribution in [1.29, 1.82) is 0 Å². The number of allylic oxidation sites excluding steroid dienone is 2. The van der Waals surface area contributed by atoms with Gasteiger partial charge in [-0.2, -0.15) is 0 Å². The van der Waals surface area contributed by atoms with Gasteiger partial charge in [0.05, 0.1) is 17.0 Å². The Bertz CT molecular complexity index is 1130. The van der Waals surface area contributed by atoms with Gasteiger partial charge in [-0.1, -0.05) is 32.6 Å². The monoisotopic (exact) mass is 513 g/mol. The number of ketones is 1. The fourth-order valence-corrected chi connectivity index (χ4v) is 5.01. The molecule has 0 saturated heterocycles. The molecule has 0 spiro atoms. The Hall–Kier alpha value is -2.80. The summed E-state index contributed by atoms with van der Waals surface area (Å²) >= 11 is 3.47. The molecule has 1 aliphatic carbocycles. The first-order valence-electron chi connectivity index (χ1n) is 11.0. The van der Waals surface area contributed by atoms with Gasteiger partial charge < -0.3 is 19.2 Å². The van der Waals surface area contributed by atoms with Crippen LogP contribution in [0, 0.1) is 11.3 Å². The van der Waals surface area contributed by atoms with Crippen LogP contribution < -0.4 is 10.1 Å². The molecule has 2 aromatic rings. The molecule has 1 aromatic carbocycles. The van der Waals surface area contributed by atoms with E-state index < -0.39 is 17.8 Å². The average Bonchev–Trinajstić information content (AvgIpc) is 3.20. The fraction of sp³-hybridized carbons (Fsp3) is 0.385. The number of nitrogens with one attached hydrogen (secondary N) is 1. The molecule has 4 rings (SSSR count). The largest absolute Gasteiger partial charge is 0.484 e. The van der Waals surface area contributed by atoms with E-state index in [1.54, 1.807) is 6.92 Å². The Morgan fingerprint density at radius 3 is 2.73 bits per heavy atom. The van der Waals surface area contributed by atoms with Crippen molar-refractivity contribution in [3.05, 3.63) is 75.9 Å². The summed E-state index contributed by atoms with van der Waals surface area (Å²) in [5.41, 5.74) is 1.75. The Balaban J connectivity index is 1.68. The van der Waals surface area contributed by atoms with Gasteiger partial charge in [0.15, 0.2) is 5.78 Å². The minimum Gasteiger partial charge on any atom is -0.484 e. The van der Waals surface area contributed by atoms with Gasteiger partial charge in [0.25, 0.3) is 0 Å². The van der Waals surface area contributed by atoms with E-state index in [0.29, 0.717) is 41.4 Å². The van der Waals surface area contributed by atoms with Crippen molar-refractivity contribution in [2.45, 2.75) is 46.1 Å². The van der Waals surface area contributed by atoms with Crippen molar-refractivity contribution < 1.29 is 23.5 Å². The molecule has 2 heterocycles. The second-order valence-electron chi connectivity index (χ2n) is 9.21. The maximum Gasteiger partial charge on any atom is 0.316 e. The van der Waals surface area contributed by atoms with Crippen LogP contribution in [0.4, 0.5) is 0 Å². The highest BCUT2D eigenvalue weighted by atomic mass is 79.9. The number of carbonyl (C=O) groups excluding carboxylic acids is 2. The molecule has 0 radical (unpaired) electrons. The van der Waals surface area contributed by atoms with Crippen molar-refractivity contribution in [2.75, 3.05) is 6.61 Å².